The Morgan fingerprint density at radius 3 is 2.89 bits per heavy atom. The number of para-hydroxylation sites is 1. The molecule has 4 heteroatoms. The van der Waals surface area contributed by atoms with Gasteiger partial charge in [0, 0.05) is 6.54 Å². The number of alkyl halides is 1. The summed E-state index contributed by atoms with van der Waals surface area (Å²) in [5, 5.41) is 9.09. The molecule has 0 saturated heterocycles. The van der Waals surface area contributed by atoms with Gasteiger partial charge in [-0.1, -0.05) is 25.8 Å². The van der Waals surface area contributed by atoms with Crippen molar-refractivity contribution in [3.8, 4) is 6.07 Å². The SMILES string of the molecule is CCCCCn1c(CCl)nc2c(C#N)cccc21. The van der Waals surface area contributed by atoms with E-state index < -0.39 is 0 Å². The van der Waals surface area contributed by atoms with Crippen LogP contribution in [0.4, 0.5) is 0 Å². The molecular weight excluding hydrogens is 246 g/mol. The number of rotatable bonds is 5. The van der Waals surface area contributed by atoms with Crippen molar-refractivity contribution in [3.05, 3.63) is 29.6 Å². The summed E-state index contributed by atoms with van der Waals surface area (Å²) in [5.41, 5.74) is 2.40. The van der Waals surface area contributed by atoms with E-state index in [4.69, 9.17) is 16.9 Å². The van der Waals surface area contributed by atoms with Crippen LogP contribution in [0.2, 0.25) is 0 Å². The molecule has 1 aromatic carbocycles. The van der Waals surface area contributed by atoms with E-state index in [2.05, 4.69) is 22.5 Å². The lowest BCUT2D eigenvalue weighted by Crippen LogP contribution is -2.02. The lowest BCUT2D eigenvalue weighted by atomic mass is 10.2. The van der Waals surface area contributed by atoms with Crippen LogP contribution in [0.15, 0.2) is 18.2 Å². The molecule has 1 aromatic heterocycles. The van der Waals surface area contributed by atoms with Gasteiger partial charge in [-0.3, -0.25) is 0 Å². The Bertz CT molecular complexity index is 580. The van der Waals surface area contributed by atoms with Crippen molar-refractivity contribution in [2.45, 2.75) is 38.6 Å². The number of aromatic nitrogens is 2. The number of aryl methyl sites for hydroxylation is 1. The minimum Gasteiger partial charge on any atom is -0.327 e. The van der Waals surface area contributed by atoms with Crippen molar-refractivity contribution in [2.75, 3.05) is 0 Å². The highest BCUT2D eigenvalue weighted by Crippen LogP contribution is 2.21. The van der Waals surface area contributed by atoms with Gasteiger partial charge in [0.2, 0.25) is 0 Å². The molecule has 3 nitrogen and oxygen atoms in total. The monoisotopic (exact) mass is 261 g/mol. The number of nitrogens with zero attached hydrogens (tertiary/aromatic N) is 3. The van der Waals surface area contributed by atoms with Crippen LogP contribution < -0.4 is 0 Å². The molecule has 0 N–H and O–H groups in total. The van der Waals surface area contributed by atoms with E-state index in [-0.39, 0.29) is 0 Å². The average molecular weight is 262 g/mol. The van der Waals surface area contributed by atoms with E-state index in [1.165, 1.54) is 12.8 Å². The zero-order valence-electron chi connectivity index (χ0n) is 10.5. The predicted octanol–water partition coefficient (Wildman–Crippen LogP) is 3.84. The largest absolute Gasteiger partial charge is 0.327 e. The molecule has 1 heterocycles. The van der Waals surface area contributed by atoms with Gasteiger partial charge in [0.05, 0.1) is 17.0 Å². The molecule has 0 aliphatic carbocycles. The summed E-state index contributed by atoms with van der Waals surface area (Å²) >= 11 is 5.95. The van der Waals surface area contributed by atoms with Crippen molar-refractivity contribution < 1.29 is 0 Å². The van der Waals surface area contributed by atoms with E-state index in [9.17, 15) is 0 Å². The summed E-state index contributed by atoms with van der Waals surface area (Å²) in [7, 11) is 0. The number of imidazole rings is 1. The number of hydrogen-bond donors (Lipinski definition) is 0. The van der Waals surface area contributed by atoms with Crippen LogP contribution in [0.1, 0.15) is 37.6 Å². The molecular formula is C14H16ClN3. The van der Waals surface area contributed by atoms with Crippen LogP contribution >= 0.6 is 11.6 Å². The van der Waals surface area contributed by atoms with E-state index in [0.717, 1.165) is 29.8 Å². The molecule has 94 valence electrons. The third kappa shape index (κ3) is 2.34. The summed E-state index contributed by atoms with van der Waals surface area (Å²) in [6.07, 6.45) is 3.49. The van der Waals surface area contributed by atoms with Gasteiger partial charge in [-0.25, -0.2) is 4.98 Å². The lowest BCUT2D eigenvalue weighted by Gasteiger charge is -2.06. The van der Waals surface area contributed by atoms with Crippen LogP contribution in [0.5, 0.6) is 0 Å². The quantitative estimate of drug-likeness (QED) is 0.606. The molecule has 0 atom stereocenters. The number of fused-ring (bicyclic) bond motifs is 1. The van der Waals surface area contributed by atoms with E-state index in [0.29, 0.717) is 11.4 Å². The number of hydrogen-bond acceptors (Lipinski definition) is 2. The van der Waals surface area contributed by atoms with Gasteiger partial charge >= 0.3 is 0 Å². The lowest BCUT2D eigenvalue weighted by molar-refractivity contribution is 0.600. The zero-order chi connectivity index (χ0) is 13.0. The fourth-order valence-electron chi connectivity index (χ4n) is 2.16. The van der Waals surface area contributed by atoms with Gasteiger partial charge in [-0.2, -0.15) is 5.26 Å². The molecule has 0 aliphatic heterocycles. The highest BCUT2D eigenvalue weighted by molar-refractivity contribution is 6.16. The van der Waals surface area contributed by atoms with Crippen LogP contribution in [-0.2, 0) is 12.4 Å². The fourth-order valence-corrected chi connectivity index (χ4v) is 2.36. The second kappa shape index (κ2) is 5.88. The first-order valence-corrected chi connectivity index (χ1v) is 6.79. The van der Waals surface area contributed by atoms with Crippen molar-refractivity contribution in [1.29, 1.82) is 5.26 Å². The molecule has 18 heavy (non-hydrogen) atoms. The highest BCUT2D eigenvalue weighted by Gasteiger charge is 2.12. The Kier molecular flexibility index (Phi) is 4.22. The fraction of sp³-hybridized carbons (Fsp3) is 0.429. The molecule has 2 rings (SSSR count). The summed E-state index contributed by atoms with van der Waals surface area (Å²) in [6, 6.07) is 7.88. The maximum absolute atomic E-state index is 9.09. The number of benzene rings is 1. The minimum absolute atomic E-state index is 0.381. The molecule has 0 aliphatic rings. The first-order chi connectivity index (χ1) is 8.81. The first-order valence-electron chi connectivity index (χ1n) is 6.26. The summed E-state index contributed by atoms with van der Waals surface area (Å²) in [4.78, 5) is 4.49. The second-order valence-corrected chi connectivity index (χ2v) is 4.57. The molecule has 0 radical (unpaired) electrons. The van der Waals surface area contributed by atoms with Gasteiger partial charge in [0.25, 0.3) is 0 Å². The van der Waals surface area contributed by atoms with Crippen LogP contribution in [0.3, 0.4) is 0 Å². The van der Waals surface area contributed by atoms with E-state index in [1.807, 2.05) is 12.1 Å². The molecule has 2 aromatic rings. The molecule has 0 amide bonds. The Balaban J connectivity index is 2.46. The molecule has 0 saturated carbocycles. The van der Waals surface area contributed by atoms with Crippen LogP contribution in [0, 0.1) is 11.3 Å². The number of unbranched alkanes of at least 4 members (excludes halogenated alkanes) is 2. The third-order valence-corrected chi connectivity index (χ3v) is 3.32. The van der Waals surface area contributed by atoms with Crippen LogP contribution in [-0.4, -0.2) is 9.55 Å². The number of halogens is 1. The Morgan fingerprint density at radius 1 is 1.39 bits per heavy atom. The van der Waals surface area contributed by atoms with Crippen molar-refractivity contribution in [3.63, 3.8) is 0 Å². The van der Waals surface area contributed by atoms with Crippen LogP contribution in [0.25, 0.3) is 11.0 Å². The standard InChI is InChI=1S/C14H16ClN3/c1-2-3-4-8-18-12-7-5-6-11(10-16)14(12)17-13(18)9-15/h5-7H,2-4,8-9H2,1H3. The van der Waals surface area contributed by atoms with E-state index in [1.54, 1.807) is 6.07 Å². The van der Waals surface area contributed by atoms with Gasteiger partial charge < -0.3 is 4.57 Å². The third-order valence-electron chi connectivity index (χ3n) is 3.08. The molecule has 0 bridgehead atoms. The number of nitriles is 1. The predicted molar refractivity (Wildman–Crippen MR) is 73.5 cm³/mol. The maximum Gasteiger partial charge on any atom is 0.124 e. The Labute approximate surface area is 112 Å². The van der Waals surface area contributed by atoms with Crippen molar-refractivity contribution >= 4 is 22.6 Å². The highest BCUT2D eigenvalue weighted by atomic mass is 35.5. The summed E-state index contributed by atoms with van der Waals surface area (Å²) in [5.74, 6) is 1.23. The topological polar surface area (TPSA) is 41.6 Å². The summed E-state index contributed by atoms with van der Waals surface area (Å²) in [6.45, 7) is 3.10. The zero-order valence-corrected chi connectivity index (χ0v) is 11.2. The molecule has 0 spiro atoms. The first kappa shape index (κ1) is 12.9. The van der Waals surface area contributed by atoms with E-state index >= 15 is 0 Å². The average Bonchev–Trinajstić information content (AvgIpc) is 2.77. The normalized spacial score (nSPS) is 10.7. The Morgan fingerprint density at radius 2 is 2.22 bits per heavy atom. The smallest absolute Gasteiger partial charge is 0.124 e. The molecule has 0 fully saturated rings. The van der Waals surface area contributed by atoms with Gasteiger partial charge in [-0.05, 0) is 18.6 Å². The molecule has 0 unspecified atom stereocenters. The maximum atomic E-state index is 9.09. The van der Waals surface area contributed by atoms with Gasteiger partial charge in [-0.15, -0.1) is 11.6 Å². The Hall–Kier alpha value is -1.53. The second-order valence-electron chi connectivity index (χ2n) is 4.31. The van der Waals surface area contributed by atoms with Gasteiger partial charge in [0.15, 0.2) is 0 Å². The van der Waals surface area contributed by atoms with Crippen molar-refractivity contribution in [1.82, 2.24) is 9.55 Å². The summed E-state index contributed by atoms with van der Waals surface area (Å²) < 4.78 is 2.14. The minimum atomic E-state index is 0.381. The van der Waals surface area contributed by atoms with Gasteiger partial charge in [0.1, 0.15) is 17.4 Å². The van der Waals surface area contributed by atoms with Crippen molar-refractivity contribution in [2.24, 2.45) is 0 Å².